The Labute approximate surface area is 177 Å². The van der Waals surface area contributed by atoms with Gasteiger partial charge in [0, 0.05) is 48.9 Å². The van der Waals surface area contributed by atoms with Crippen molar-refractivity contribution in [1.29, 1.82) is 0 Å². The lowest BCUT2D eigenvalue weighted by atomic mass is 9.90. The predicted octanol–water partition coefficient (Wildman–Crippen LogP) is 3.96. The predicted molar refractivity (Wildman–Crippen MR) is 118 cm³/mol. The van der Waals surface area contributed by atoms with Gasteiger partial charge in [-0.05, 0) is 36.1 Å². The fourth-order valence-electron chi connectivity index (χ4n) is 4.18. The number of carbonyl (C=O) groups is 1. The van der Waals surface area contributed by atoms with Crippen LogP contribution < -0.4 is 10.6 Å². The molecule has 2 aromatic rings. The van der Waals surface area contributed by atoms with E-state index in [0.717, 1.165) is 28.8 Å². The number of halogens is 1. The third kappa shape index (κ3) is 5.10. The van der Waals surface area contributed by atoms with Crippen molar-refractivity contribution >= 4 is 35.8 Å². The molecule has 1 saturated carbocycles. The summed E-state index contributed by atoms with van der Waals surface area (Å²) in [6.45, 7) is 1.53. The molecule has 4 rings (SSSR count). The fourth-order valence-corrected chi connectivity index (χ4v) is 5.45. The Morgan fingerprint density at radius 3 is 2.89 bits per heavy atom. The highest BCUT2D eigenvalue weighted by Crippen LogP contribution is 2.32. The van der Waals surface area contributed by atoms with Crippen LogP contribution in [0.4, 0.5) is 5.69 Å². The molecule has 1 aliphatic carbocycles. The van der Waals surface area contributed by atoms with Crippen LogP contribution in [-0.4, -0.2) is 34.0 Å². The topological polar surface area (TPSA) is 59.0 Å². The Morgan fingerprint density at radius 1 is 1.32 bits per heavy atom. The molecule has 28 heavy (non-hydrogen) atoms. The summed E-state index contributed by atoms with van der Waals surface area (Å²) in [4.78, 5) is 12.9. The van der Waals surface area contributed by atoms with Gasteiger partial charge in [0.1, 0.15) is 0 Å². The monoisotopic (exact) mass is 420 g/mol. The molecule has 1 aromatic heterocycles. The van der Waals surface area contributed by atoms with E-state index in [-0.39, 0.29) is 30.2 Å². The second kappa shape index (κ2) is 9.81. The molecule has 1 saturated heterocycles. The number of hydrogen-bond acceptors (Lipinski definition) is 4. The van der Waals surface area contributed by atoms with Crippen LogP contribution in [0.5, 0.6) is 0 Å². The maximum atomic E-state index is 12.9. The summed E-state index contributed by atoms with van der Waals surface area (Å²) in [5.74, 6) is 1.23. The maximum absolute atomic E-state index is 12.9. The van der Waals surface area contributed by atoms with Crippen LogP contribution in [0.2, 0.25) is 0 Å². The SMILES string of the molecule is Cl.Cn1cc([C@H]2CNC[C@@H]2C(=O)Nc2cccc(CSC3CCCC3)c2)cn1. The van der Waals surface area contributed by atoms with E-state index >= 15 is 0 Å². The molecule has 2 aliphatic rings. The van der Waals surface area contributed by atoms with Crippen molar-refractivity contribution in [3.8, 4) is 0 Å². The minimum Gasteiger partial charge on any atom is -0.326 e. The molecule has 1 aromatic carbocycles. The summed E-state index contributed by atoms with van der Waals surface area (Å²) in [7, 11) is 1.91. The van der Waals surface area contributed by atoms with E-state index in [4.69, 9.17) is 0 Å². The molecule has 0 unspecified atom stereocenters. The van der Waals surface area contributed by atoms with E-state index in [1.807, 2.05) is 31.6 Å². The highest BCUT2D eigenvalue weighted by Gasteiger charge is 2.34. The summed E-state index contributed by atoms with van der Waals surface area (Å²) in [5.41, 5.74) is 3.32. The molecular weight excluding hydrogens is 392 g/mol. The first-order valence-electron chi connectivity index (χ1n) is 9.90. The van der Waals surface area contributed by atoms with Crippen LogP contribution in [0.25, 0.3) is 0 Å². The number of aromatic nitrogens is 2. The number of aryl methyl sites for hydroxylation is 1. The van der Waals surface area contributed by atoms with Gasteiger partial charge in [-0.2, -0.15) is 16.9 Å². The first-order valence-corrected chi connectivity index (χ1v) is 10.9. The van der Waals surface area contributed by atoms with Gasteiger partial charge in [-0.25, -0.2) is 0 Å². The van der Waals surface area contributed by atoms with Gasteiger partial charge in [-0.15, -0.1) is 12.4 Å². The van der Waals surface area contributed by atoms with Crippen molar-refractivity contribution in [2.75, 3.05) is 18.4 Å². The number of anilines is 1. The summed E-state index contributed by atoms with van der Waals surface area (Å²) in [6.07, 6.45) is 9.34. The van der Waals surface area contributed by atoms with Crippen molar-refractivity contribution in [2.24, 2.45) is 13.0 Å². The lowest BCUT2D eigenvalue weighted by Crippen LogP contribution is -2.28. The fraction of sp³-hybridized carbons (Fsp3) is 0.524. The van der Waals surface area contributed by atoms with E-state index in [1.165, 1.54) is 31.2 Å². The molecule has 2 atom stereocenters. The molecule has 152 valence electrons. The zero-order valence-corrected chi connectivity index (χ0v) is 17.9. The molecular formula is C21H29ClN4OS. The molecule has 2 heterocycles. The number of rotatable bonds is 6. The molecule has 1 amide bonds. The molecule has 5 nitrogen and oxygen atoms in total. The third-order valence-electron chi connectivity index (χ3n) is 5.69. The summed E-state index contributed by atoms with van der Waals surface area (Å²) in [5, 5.41) is 11.6. The summed E-state index contributed by atoms with van der Waals surface area (Å²) < 4.78 is 1.80. The molecule has 1 aliphatic heterocycles. The Hall–Kier alpha value is -1.50. The first kappa shape index (κ1) is 21.2. The van der Waals surface area contributed by atoms with Gasteiger partial charge < -0.3 is 10.6 Å². The molecule has 2 fully saturated rings. The highest BCUT2D eigenvalue weighted by atomic mass is 35.5. The number of nitrogens with zero attached hydrogens (tertiary/aromatic N) is 2. The van der Waals surface area contributed by atoms with Crippen LogP contribution in [-0.2, 0) is 17.6 Å². The van der Waals surface area contributed by atoms with Gasteiger partial charge in [0.25, 0.3) is 0 Å². The van der Waals surface area contributed by atoms with Gasteiger partial charge in [-0.1, -0.05) is 25.0 Å². The van der Waals surface area contributed by atoms with E-state index in [1.54, 1.807) is 4.68 Å². The molecule has 0 bridgehead atoms. The van der Waals surface area contributed by atoms with Gasteiger partial charge >= 0.3 is 0 Å². The minimum atomic E-state index is -0.0641. The molecule has 7 heteroatoms. The Kier molecular flexibility index (Phi) is 7.43. The van der Waals surface area contributed by atoms with Crippen molar-refractivity contribution in [2.45, 2.75) is 42.6 Å². The number of thioether (sulfide) groups is 1. The second-order valence-corrected chi connectivity index (χ2v) is 9.01. The van der Waals surface area contributed by atoms with E-state index < -0.39 is 0 Å². The molecule has 0 spiro atoms. The van der Waals surface area contributed by atoms with Gasteiger partial charge in [-0.3, -0.25) is 9.48 Å². The average Bonchev–Trinajstić information content (AvgIpc) is 3.41. The van der Waals surface area contributed by atoms with Crippen molar-refractivity contribution in [3.63, 3.8) is 0 Å². The third-order valence-corrected chi connectivity index (χ3v) is 7.13. The lowest BCUT2D eigenvalue weighted by molar-refractivity contribution is -0.119. The smallest absolute Gasteiger partial charge is 0.229 e. The largest absolute Gasteiger partial charge is 0.326 e. The van der Waals surface area contributed by atoms with E-state index in [9.17, 15) is 4.79 Å². The maximum Gasteiger partial charge on any atom is 0.229 e. The number of carbonyl (C=O) groups excluding carboxylic acids is 1. The normalized spacial score (nSPS) is 22.2. The van der Waals surface area contributed by atoms with Crippen LogP contribution in [0.3, 0.4) is 0 Å². The van der Waals surface area contributed by atoms with E-state index in [2.05, 4.69) is 39.6 Å². The lowest BCUT2D eigenvalue weighted by Gasteiger charge is -2.17. The zero-order valence-electron chi connectivity index (χ0n) is 16.3. The summed E-state index contributed by atoms with van der Waals surface area (Å²) >= 11 is 2.06. The number of nitrogens with one attached hydrogen (secondary N) is 2. The first-order chi connectivity index (χ1) is 13.2. The molecule has 0 radical (unpaired) electrons. The minimum absolute atomic E-state index is 0. The number of hydrogen-bond donors (Lipinski definition) is 2. The van der Waals surface area contributed by atoms with Crippen LogP contribution >= 0.6 is 24.2 Å². The molecule has 2 N–H and O–H groups in total. The highest BCUT2D eigenvalue weighted by molar-refractivity contribution is 7.99. The Balaban J connectivity index is 0.00000225. The van der Waals surface area contributed by atoms with Crippen molar-refractivity contribution in [3.05, 3.63) is 47.8 Å². The standard InChI is InChI=1S/C21H28N4OS.ClH/c1-25-13-16(10-23-25)19-11-22-12-20(19)21(26)24-17-6-4-5-15(9-17)14-27-18-7-2-3-8-18;/h4-6,9-10,13,18-20,22H,2-3,7-8,11-12,14H2,1H3,(H,24,26);1H/t19-,20+;/m1./s1. The van der Waals surface area contributed by atoms with Crippen LogP contribution in [0.1, 0.15) is 42.7 Å². The van der Waals surface area contributed by atoms with Gasteiger partial charge in [0.15, 0.2) is 0 Å². The van der Waals surface area contributed by atoms with Gasteiger partial charge in [0.2, 0.25) is 5.91 Å². The average molecular weight is 421 g/mol. The number of benzene rings is 1. The van der Waals surface area contributed by atoms with Gasteiger partial charge in [0.05, 0.1) is 12.1 Å². The quantitative estimate of drug-likeness (QED) is 0.742. The van der Waals surface area contributed by atoms with Crippen molar-refractivity contribution in [1.82, 2.24) is 15.1 Å². The van der Waals surface area contributed by atoms with Crippen LogP contribution in [0.15, 0.2) is 36.7 Å². The zero-order chi connectivity index (χ0) is 18.6. The Bertz CT molecular complexity index is 790. The van der Waals surface area contributed by atoms with E-state index in [0.29, 0.717) is 6.54 Å². The number of amides is 1. The summed E-state index contributed by atoms with van der Waals surface area (Å²) in [6, 6.07) is 8.32. The Morgan fingerprint density at radius 2 is 2.14 bits per heavy atom. The second-order valence-electron chi connectivity index (χ2n) is 7.73. The van der Waals surface area contributed by atoms with Crippen molar-refractivity contribution < 1.29 is 4.79 Å². The van der Waals surface area contributed by atoms with Crippen LogP contribution in [0, 0.1) is 5.92 Å².